The standard InChI is InChI=1S/C13H17ClN2O2/c1-18-8-7-16-12(11(14)9-15-16)13(17)10-5-3-2-4-6-10/h5,9H,2-4,6-8H2,1H3. The summed E-state index contributed by atoms with van der Waals surface area (Å²) in [6.45, 7) is 1.05. The number of allylic oxidation sites excluding steroid dienone is 2. The summed E-state index contributed by atoms with van der Waals surface area (Å²) in [4.78, 5) is 12.4. The smallest absolute Gasteiger partial charge is 0.208 e. The maximum absolute atomic E-state index is 12.4. The number of rotatable bonds is 5. The van der Waals surface area contributed by atoms with E-state index in [4.69, 9.17) is 16.3 Å². The van der Waals surface area contributed by atoms with Crippen LogP contribution in [0, 0.1) is 0 Å². The molecule has 2 rings (SSSR count). The van der Waals surface area contributed by atoms with Gasteiger partial charge in [0.25, 0.3) is 0 Å². The van der Waals surface area contributed by atoms with Gasteiger partial charge in [0, 0.05) is 7.11 Å². The van der Waals surface area contributed by atoms with Crippen molar-refractivity contribution >= 4 is 17.4 Å². The normalized spacial score (nSPS) is 15.6. The third kappa shape index (κ3) is 2.82. The Morgan fingerprint density at radius 1 is 1.56 bits per heavy atom. The lowest BCUT2D eigenvalue weighted by Crippen LogP contribution is -2.16. The van der Waals surface area contributed by atoms with Gasteiger partial charge in [-0.3, -0.25) is 9.48 Å². The average molecular weight is 269 g/mol. The Balaban J connectivity index is 2.23. The summed E-state index contributed by atoms with van der Waals surface area (Å²) in [5, 5.41) is 4.54. The number of hydrogen-bond donors (Lipinski definition) is 0. The number of carbonyl (C=O) groups excluding carboxylic acids is 1. The van der Waals surface area contributed by atoms with Gasteiger partial charge in [0.1, 0.15) is 5.69 Å². The number of hydrogen-bond acceptors (Lipinski definition) is 3. The molecule has 5 heteroatoms. The number of aromatic nitrogens is 2. The van der Waals surface area contributed by atoms with Gasteiger partial charge in [0.2, 0.25) is 5.78 Å². The fraction of sp³-hybridized carbons (Fsp3) is 0.538. The fourth-order valence-corrected chi connectivity index (χ4v) is 2.36. The Bertz CT molecular complexity index is 466. The van der Waals surface area contributed by atoms with Crippen LogP contribution in [-0.4, -0.2) is 29.3 Å². The Morgan fingerprint density at radius 3 is 3.06 bits per heavy atom. The van der Waals surface area contributed by atoms with Crippen molar-refractivity contribution in [1.29, 1.82) is 0 Å². The first-order valence-electron chi connectivity index (χ1n) is 6.18. The van der Waals surface area contributed by atoms with E-state index in [9.17, 15) is 4.79 Å². The quantitative estimate of drug-likeness (QED) is 0.772. The molecule has 1 heterocycles. The van der Waals surface area contributed by atoms with Gasteiger partial charge in [0.15, 0.2) is 0 Å². The molecule has 0 amide bonds. The molecule has 1 aromatic heterocycles. The summed E-state index contributed by atoms with van der Waals surface area (Å²) in [5.41, 5.74) is 1.35. The van der Waals surface area contributed by atoms with Gasteiger partial charge in [-0.2, -0.15) is 5.10 Å². The number of ketones is 1. The predicted molar refractivity (Wildman–Crippen MR) is 70.0 cm³/mol. The maximum atomic E-state index is 12.4. The predicted octanol–water partition coefficient (Wildman–Crippen LogP) is 2.87. The molecule has 4 nitrogen and oxygen atoms in total. The second-order valence-electron chi connectivity index (χ2n) is 4.36. The average Bonchev–Trinajstić information content (AvgIpc) is 2.77. The van der Waals surface area contributed by atoms with Crippen molar-refractivity contribution in [1.82, 2.24) is 9.78 Å². The Kier molecular flexibility index (Phi) is 4.55. The van der Waals surface area contributed by atoms with Crippen LogP contribution >= 0.6 is 11.6 Å². The van der Waals surface area contributed by atoms with E-state index >= 15 is 0 Å². The van der Waals surface area contributed by atoms with E-state index in [-0.39, 0.29) is 5.78 Å². The van der Waals surface area contributed by atoms with E-state index in [0.717, 1.165) is 31.3 Å². The zero-order valence-electron chi connectivity index (χ0n) is 10.5. The number of carbonyl (C=O) groups is 1. The minimum absolute atomic E-state index is 0.00769. The van der Waals surface area contributed by atoms with Crippen LogP contribution in [0.1, 0.15) is 36.2 Å². The molecule has 18 heavy (non-hydrogen) atoms. The van der Waals surface area contributed by atoms with E-state index in [1.807, 2.05) is 6.08 Å². The highest BCUT2D eigenvalue weighted by Crippen LogP contribution is 2.25. The first kappa shape index (κ1) is 13.3. The lowest BCUT2D eigenvalue weighted by atomic mass is 9.95. The van der Waals surface area contributed by atoms with Crippen LogP contribution in [0.3, 0.4) is 0 Å². The summed E-state index contributed by atoms with van der Waals surface area (Å²) >= 11 is 6.07. The number of ether oxygens (including phenoxy) is 1. The third-order valence-electron chi connectivity index (χ3n) is 3.10. The summed E-state index contributed by atoms with van der Waals surface area (Å²) in [6.07, 6.45) is 7.59. The second kappa shape index (κ2) is 6.16. The van der Waals surface area contributed by atoms with Gasteiger partial charge in [-0.1, -0.05) is 17.7 Å². The molecule has 0 unspecified atom stereocenters. The molecule has 0 aromatic carbocycles. The van der Waals surface area contributed by atoms with Crippen molar-refractivity contribution in [2.45, 2.75) is 32.2 Å². The van der Waals surface area contributed by atoms with Crippen LogP contribution in [-0.2, 0) is 11.3 Å². The molecule has 0 atom stereocenters. The highest BCUT2D eigenvalue weighted by atomic mass is 35.5. The SMILES string of the molecule is COCCn1ncc(Cl)c1C(=O)C1=CCCCC1. The molecule has 1 aliphatic rings. The molecule has 1 aromatic rings. The van der Waals surface area contributed by atoms with Crippen LogP contribution in [0.4, 0.5) is 0 Å². The first-order valence-corrected chi connectivity index (χ1v) is 6.56. The lowest BCUT2D eigenvalue weighted by molar-refractivity contribution is 0.101. The van der Waals surface area contributed by atoms with Gasteiger partial charge in [0.05, 0.1) is 24.4 Å². The van der Waals surface area contributed by atoms with Crippen molar-refractivity contribution in [3.63, 3.8) is 0 Å². The maximum Gasteiger partial charge on any atom is 0.208 e. The zero-order valence-corrected chi connectivity index (χ0v) is 11.2. The lowest BCUT2D eigenvalue weighted by Gasteiger charge is -2.13. The van der Waals surface area contributed by atoms with Gasteiger partial charge in [-0.25, -0.2) is 0 Å². The molecular weight excluding hydrogens is 252 g/mol. The molecule has 0 spiro atoms. The molecule has 98 valence electrons. The summed E-state index contributed by atoms with van der Waals surface area (Å²) in [6, 6.07) is 0. The molecular formula is C13H17ClN2O2. The van der Waals surface area contributed by atoms with Crippen molar-refractivity contribution in [3.05, 3.63) is 28.6 Å². The monoisotopic (exact) mass is 268 g/mol. The molecule has 0 bridgehead atoms. The first-order chi connectivity index (χ1) is 8.74. The van der Waals surface area contributed by atoms with Gasteiger partial charge in [-0.15, -0.1) is 0 Å². The van der Waals surface area contributed by atoms with Crippen LogP contribution in [0.5, 0.6) is 0 Å². The molecule has 1 aliphatic carbocycles. The largest absolute Gasteiger partial charge is 0.383 e. The third-order valence-corrected chi connectivity index (χ3v) is 3.38. The zero-order chi connectivity index (χ0) is 13.0. The Labute approximate surface area is 112 Å². The summed E-state index contributed by atoms with van der Waals surface area (Å²) in [5.74, 6) is 0.00769. The minimum atomic E-state index is 0.00769. The fourth-order valence-electron chi connectivity index (χ4n) is 2.13. The Hall–Kier alpha value is -1.13. The van der Waals surface area contributed by atoms with Gasteiger partial charge < -0.3 is 4.74 Å². The summed E-state index contributed by atoms with van der Waals surface area (Å²) in [7, 11) is 1.62. The van der Waals surface area contributed by atoms with E-state index in [2.05, 4.69) is 5.10 Å². The highest BCUT2D eigenvalue weighted by Gasteiger charge is 2.21. The topological polar surface area (TPSA) is 44.1 Å². The molecule has 0 saturated heterocycles. The molecule has 0 aliphatic heterocycles. The molecule has 0 fully saturated rings. The number of nitrogens with zero attached hydrogens (tertiary/aromatic N) is 2. The number of halogens is 1. The van der Waals surface area contributed by atoms with Crippen molar-refractivity contribution in [2.75, 3.05) is 13.7 Å². The number of methoxy groups -OCH3 is 1. The Morgan fingerprint density at radius 2 is 2.39 bits per heavy atom. The minimum Gasteiger partial charge on any atom is -0.383 e. The van der Waals surface area contributed by atoms with Crippen molar-refractivity contribution in [3.8, 4) is 0 Å². The highest BCUT2D eigenvalue weighted by molar-refractivity contribution is 6.34. The van der Waals surface area contributed by atoms with Crippen molar-refractivity contribution in [2.24, 2.45) is 0 Å². The van der Waals surface area contributed by atoms with Crippen LogP contribution in [0.25, 0.3) is 0 Å². The molecule has 0 saturated carbocycles. The van der Waals surface area contributed by atoms with Crippen LogP contribution in [0.15, 0.2) is 17.8 Å². The van der Waals surface area contributed by atoms with E-state index in [0.29, 0.717) is 23.9 Å². The van der Waals surface area contributed by atoms with Crippen molar-refractivity contribution < 1.29 is 9.53 Å². The summed E-state index contributed by atoms with van der Waals surface area (Å²) < 4.78 is 6.63. The molecule has 0 radical (unpaired) electrons. The second-order valence-corrected chi connectivity index (χ2v) is 4.77. The van der Waals surface area contributed by atoms with E-state index in [1.165, 1.54) is 6.20 Å². The van der Waals surface area contributed by atoms with Crippen LogP contribution in [0.2, 0.25) is 5.02 Å². The van der Waals surface area contributed by atoms with Gasteiger partial charge >= 0.3 is 0 Å². The van der Waals surface area contributed by atoms with E-state index in [1.54, 1.807) is 11.8 Å². The van der Waals surface area contributed by atoms with E-state index < -0.39 is 0 Å². The number of Topliss-reactive ketones (excluding diaryl/α,β-unsaturated/α-hetero) is 1. The molecule has 0 N–H and O–H groups in total. The van der Waals surface area contributed by atoms with Crippen LogP contribution < -0.4 is 0 Å². The van der Waals surface area contributed by atoms with Gasteiger partial charge in [-0.05, 0) is 31.3 Å².